The number of ether oxygens (including phenoxy) is 1. The highest BCUT2D eigenvalue weighted by atomic mass is 35.5. The van der Waals surface area contributed by atoms with Crippen molar-refractivity contribution in [2.75, 3.05) is 12.4 Å². The van der Waals surface area contributed by atoms with E-state index in [4.69, 9.17) is 21.4 Å². The molecule has 0 amide bonds. The van der Waals surface area contributed by atoms with Gasteiger partial charge < -0.3 is 15.2 Å². The van der Waals surface area contributed by atoms with Crippen molar-refractivity contribution in [3.05, 3.63) is 34.3 Å². The van der Waals surface area contributed by atoms with E-state index < -0.39 is 5.97 Å². The number of carboxylic acid groups (broad SMARTS) is 1. The first-order valence-electron chi connectivity index (χ1n) is 4.90. The van der Waals surface area contributed by atoms with Crippen molar-refractivity contribution in [3.8, 4) is 5.75 Å². The van der Waals surface area contributed by atoms with Crippen LogP contribution in [0.3, 0.4) is 0 Å². The highest BCUT2D eigenvalue weighted by Crippen LogP contribution is 2.30. The monoisotopic (exact) mass is 284 g/mol. The van der Waals surface area contributed by atoms with E-state index in [1.54, 1.807) is 18.2 Å². The molecule has 18 heavy (non-hydrogen) atoms. The normalized spacial score (nSPS) is 10.1. The molecule has 0 fully saturated rings. The summed E-state index contributed by atoms with van der Waals surface area (Å²) in [4.78, 5) is 14.9. The first-order valence-corrected chi connectivity index (χ1v) is 6.09. The Hall–Kier alpha value is -1.79. The van der Waals surface area contributed by atoms with E-state index >= 15 is 0 Å². The second-order valence-corrected chi connectivity index (χ2v) is 4.75. The molecule has 5 nitrogen and oxygen atoms in total. The largest absolute Gasteiger partial charge is 0.495 e. The van der Waals surface area contributed by atoms with Gasteiger partial charge in [0.25, 0.3) is 0 Å². The lowest BCUT2D eigenvalue weighted by Crippen LogP contribution is -1.91. The fraction of sp³-hybridized carbons (Fsp3) is 0.0909. The van der Waals surface area contributed by atoms with Crippen molar-refractivity contribution in [3.63, 3.8) is 0 Å². The third-order valence-corrected chi connectivity index (χ3v) is 3.33. The third-order valence-electron chi connectivity index (χ3n) is 2.12. The maximum atomic E-state index is 10.7. The maximum Gasteiger partial charge on any atom is 0.347 e. The fourth-order valence-electron chi connectivity index (χ4n) is 1.29. The summed E-state index contributed by atoms with van der Waals surface area (Å²) in [6.45, 7) is 0. The van der Waals surface area contributed by atoms with E-state index in [0.29, 0.717) is 15.9 Å². The van der Waals surface area contributed by atoms with Crippen molar-refractivity contribution in [2.24, 2.45) is 0 Å². The molecule has 2 aromatic rings. The molecule has 2 rings (SSSR count). The number of rotatable bonds is 4. The second-order valence-electron chi connectivity index (χ2n) is 3.31. The molecule has 0 aliphatic heterocycles. The van der Waals surface area contributed by atoms with Gasteiger partial charge in [-0.3, -0.25) is 0 Å². The lowest BCUT2D eigenvalue weighted by Gasteiger charge is -2.06. The number of anilines is 2. The van der Waals surface area contributed by atoms with Gasteiger partial charge in [0.2, 0.25) is 0 Å². The van der Waals surface area contributed by atoms with Crippen LogP contribution in [0.1, 0.15) is 9.67 Å². The van der Waals surface area contributed by atoms with Gasteiger partial charge in [-0.15, -0.1) is 0 Å². The molecule has 94 valence electrons. The minimum atomic E-state index is -0.991. The van der Waals surface area contributed by atoms with Crippen LogP contribution in [0.2, 0.25) is 5.02 Å². The van der Waals surface area contributed by atoms with Gasteiger partial charge in [0.1, 0.15) is 10.6 Å². The Morgan fingerprint density at radius 2 is 2.33 bits per heavy atom. The Bertz CT molecular complexity index is 585. The summed E-state index contributed by atoms with van der Waals surface area (Å²) in [5, 5.41) is 12.8. The number of carbonyl (C=O) groups is 1. The van der Waals surface area contributed by atoms with Crippen LogP contribution in [0.4, 0.5) is 10.8 Å². The minimum absolute atomic E-state index is 0.179. The molecule has 0 saturated heterocycles. The predicted molar refractivity (Wildman–Crippen MR) is 70.4 cm³/mol. The minimum Gasteiger partial charge on any atom is -0.495 e. The third kappa shape index (κ3) is 2.72. The number of nitrogens with zero attached hydrogens (tertiary/aromatic N) is 1. The Kier molecular flexibility index (Phi) is 3.69. The van der Waals surface area contributed by atoms with Crippen LogP contribution < -0.4 is 10.1 Å². The zero-order valence-electron chi connectivity index (χ0n) is 9.31. The molecule has 1 heterocycles. The molecule has 0 bridgehead atoms. The van der Waals surface area contributed by atoms with Gasteiger partial charge in [-0.05, 0) is 12.1 Å². The molecule has 7 heteroatoms. The summed E-state index contributed by atoms with van der Waals surface area (Å²) in [5.41, 5.74) is 0.725. The van der Waals surface area contributed by atoms with E-state index in [1.165, 1.54) is 13.3 Å². The van der Waals surface area contributed by atoms with E-state index in [-0.39, 0.29) is 4.88 Å². The SMILES string of the molecule is COc1cc(Nc2ncc(C(=O)O)s2)ccc1Cl. The van der Waals surface area contributed by atoms with Crippen LogP contribution in [0.25, 0.3) is 0 Å². The van der Waals surface area contributed by atoms with Gasteiger partial charge in [-0.1, -0.05) is 22.9 Å². The van der Waals surface area contributed by atoms with Crippen LogP contribution in [0.5, 0.6) is 5.75 Å². The molecule has 2 N–H and O–H groups in total. The van der Waals surface area contributed by atoms with Gasteiger partial charge in [-0.25, -0.2) is 9.78 Å². The summed E-state index contributed by atoms with van der Waals surface area (Å²) < 4.78 is 5.08. The molecule has 1 aromatic carbocycles. The second kappa shape index (κ2) is 5.24. The number of methoxy groups -OCH3 is 1. The lowest BCUT2D eigenvalue weighted by atomic mass is 10.3. The van der Waals surface area contributed by atoms with Gasteiger partial charge in [0, 0.05) is 11.8 Å². The quantitative estimate of drug-likeness (QED) is 0.902. The first kappa shape index (κ1) is 12.7. The highest BCUT2D eigenvalue weighted by Gasteiger charge is 2.09. The van der Waals surface area contributed by atoms with E-state index in [1.807, 2.05) is 0 Å². The van der Waals surface area contributed by atoms with Crippen LogP contribution >= 0.6 is 22.9 Å². The number of thiazole rings is 1. The molecule has 0 atom stereocenters. The van der Waals surface area contributed by atoms with Crippen molar-refractivity contribution in [2.45, 2.75) is 0 Å². The topological polar surface area (TPSA) is 71.5 Å². The summed E-state index contributed by atoms with van der Waals surface area (Å²) in [6.07, 6.45) is 1.31. The Labute approximate surface area is 112 Å². The zero-order chi connectivity index (χ0) is 13.1. The highest BCUT2D eigenvalue weighted by molar-refractivity contribution is 7.17. The van der Waals surface area contributed by atoms with Crippen LogP contribution in [0.15, 0.2) is 24.4 Å². The number of hydrogen-bond donors (Lipinski definition) is 2. The van der Waals surface area contributed by atoms with Crippen molar-refractivity contribution < 1.29 is 14.6 Å². The average molecular weight is 285 g/mol. The lowest BCUT2D eigenvalue weighted by molar-refractivity contribution is 0.0702. The van der Waals surface area contributed by atoms with Crippen LogP contribution in [0, 0.1) is 0 Å². The number of nitrogens with one attached hydrogen (secondary N) is 1. The van der Waals surface area contributed by atoms with E-state index in [0.717, 1.165) is 17.0 Å². The number of hydrogen-bond acceptors (Lipinski definition) is 5. The average Bonchev–Trinajstić information content (AvgIpc) is 2.80. The van der Waals surface area contributed by atoms with E-state index in [9.17, 15) is 4.79 Å². The molecule has 1 aromatic heterocycles. The number of aromatic carboxylic acids is 1. The predicted octanol–water partition coefficient (Wildman–Crippen LogP) is 3.25. The van der Waals surface area contributed by atoms with Crippen molar-refractivity contribution in [1.82, 2.24) is 4.98 Å². The standard InChI is InChI=1S/C11H9ClN2O3S/c1-17-8-4-6(2-3-7(8)12)14-11-13-5-9(18-11)10(15)16/h2-5H,1H3,(H,13,14)(H,15,16). The number of halogens is 1. The number of aromatic nitrogens is 1. The molecular weight excluding hydrogens is 276 g/mol. The van der Waals surface area contributed by atoms with Crippen molar-refractivity contribution in [1.29, 1.82) is 0 Å². The molecular formula is C11H9ClN2O3S. The molecule has 0 radical (unpaired) electrons. The summed E-state index contributed by atoms with van der Waals surface area (Å²) >= 11 is 6.96. The first-order chi connectivity index (χ1) is 8.60. The Morgan fingerprint density at radius 3 is 2.94 bits per heavy atom. The van der Waals surface area contributed by atoms with Crippen molar-refractivity contribution >= 4 is 39.7 Å². The van der Waals surface area contributed by atoms with Gasteiger partial charge in [0.15, 0.2) is 5.13 Å². The summed E-state index contributed by atoms with van der Waals surface area (Å²) in [7, 11) is 1.52. The number of benzene rings is 1. The van der Waals surface area contributed by atoms with Gasteiger partial charge in [-0.2, -0.15) is 0 Å². The molecule has 0 aliphatic carbocycles. The summed E-state index contributed by atoms with van der Waals surface area (Å²) in [6, 6.07) is 5.16. The molecule has 0 spiro atoms. The van der Waals surface area contributed by atoms with Crippen LogP contribution in [-0.2, 0) is 0 Å². The summed E-state index contributed by atoms with van der Waals surface area (Å²) in [5.74, 6) is -0.453. The van der Waals surface area contributed by atoms with E-state index in [2.05, 4.69) is 10.3 Å². The Morgan fingerprint density at radius 1 is 1.56 bits per heavy atom. The maximum absolute atomic E-state index is 10.7. The van der Waals surface area contributed by atoms with Gasteiger partial charge >= 0.3 is 5.97 Å². The zero-order valence-corrected chi connectivity index (χ0v) is 10.9. The molecule has 0 saturated carbocycles. The Balaban J connectivity index is 2.20. The fourth-order valence-corrected chi connectivity index (χ4v) is 2.16. The number of carboxylic acids is 1. The van der Waals surface area contributed by atoms with Crippen LogP contribution in [-0.4, -0.2) is 23.2 Å². The smallest absolute Gasteiger partial charge is 0.347 e. The van der Waals surface area contributed by atoms with Gasteiger partial charge in [0.05, 0.1) is 18.3 Å². The molecule has 0 aliphatic rings. The molecule has 0 unspecified atom stereocenters.